The minimum absolute atomic E-state index is 0.292. The number of halogens is 3. The standard InChI is InChI=1S/C21H20F3N3O/c22-21(23,24)18-11-4-5-12-19(18)27-20(28)17(14-25)15-26-13-7-6-10-16-8-2-1-3-9-16/h1-5,8-9,11-12,15,26H,6-7,10,13H2,(H,27,28)/b17-15-. The van der Waals surface area contributed by atoms with Crippen molar-refractivity contribution in [2.45, 2.75) is 25.4 Å². The van der Waals surface area contributed by atoms with E-state index in [1.54, 1.807) is 6.07 Å². The predicted molar refractivity (Wildman–Crippen MR) is 101 cm³/mol. The van der Waals surface area contributed by atoms with Gasteiger partial charge >= 0.3 is 6.18 Å². The van der Waals surface area contributed by atoms with Gasteiger partial charge in [0, 0.05) is 12.7 Å². The first-order valence-corrected chi connectivity index (χ1v) is 8.77. The van der Waals surface area contributed by atoms with E-state index in [0.717, 1.165) is 31.4 Å². The molecule has 0 radical (unpaired) electrons. The van der Waals surface area contributed by atoms with Crippen molar-refractivity contribution in [2.24, 2.45) is 0 Å². The molecule has 0 heterocycles. The summed E-state index contributed by atoms with van der Waals surface area (Å²) in [5.41, 5.74) is -0.406. The highest BCUT2D eigenvalue weighted by Crippen LogP contribution is 2.34. The second-order valence-corrected chi connectivity index (χ2v) is 6.06. The Labute approximate surface area is 161 Å². The fraction of sp³-hybridized carbons (Fsp3) is 0.238. The van der Waals surface area contributed by atoms with Crippen LogP contribution < -0.4 is 10.6 Å². The Morgan fingerprint density at radius 1 is 1.04 bits per heavy atom. The number of anilines is 1. The lowest BCUT2D eigenvalue weighted by Crippen LogP contribution is -2.19. The summed E-state index contributed by atoms with van der Waals surface area (Å²) in [5.74, 6) is -0.893. The average molecular weight is 387 g/mol. The van der Waals surface area contributed by atoms with Crippen LogP contribution in [-0.4, -0.2) is 12.5 Å². The van der Waals surface area contributed by atoms with E-state index in [1.165, 1.54) is 23.9 Å². The molecule has 0 saturated heterocycles. The number of nitrogens with zero attached hydrogens (tertiary/aromatic N) is 1. The number of hydrogen-bond acceptors (Lipinski definition) is 3. The summed E-state index contributed by atoms with van der Waals surface area (Å²) in [6.07, 6.45) is -0.696. The molecule has 0 atom stereocenters. The number of carbonyl (C=O) groups is 1. The van der Waals surface area contributed by atoms with Crippen LogP contribution in [0.2, 0.25) is 0 Å². The van der Waals surface area contributed by atoms with Crippen LogP contribution in [-0.2, 0) is 17.4 Å². The molecule has 2 aromatic rings. The molecular formula is C21H20F3N3O. The molecule has 0 saturated carbocycles. The molecule has 0 unspecified atom stereocenters. The summed E-state index contributed by atoms with van der Waals surface area (Å²) in [4.78, 5) is 12.1. The Hall–Kier alpha value is -3.27. The van der Waals surface area contributed by atoms with Gasteiger partial charge in [-0.05, 0) is 37.0 Å². The van der Waals surface area contributed by atoms with Gasteiger partial charge in [-0.25, -0.2) is 0 Å². The Morgan fingerprint density at radius 3 is 2.39 bits per heavy atom. The van der Waals surface area contributed by atoms with E-state index < -0.39 is 17.6 Å². The van der Waals surface area contributed by atoms with Crippen LogP contribution in [0.25, 0.3) is 0 Å². The molecule has 2 N–H and O–H groups in total. The van der Waals surface area contributed by atoms with Gasteiger partial charge in [0.05, 0.1) is 11.3 Å². The van der Waals surface area contributed by atoms with E-state index >= 15 is 0 Å². The Balaban J connectivity index is 1.85. The molecule has 0 bridgehead atoms. The molecule has 0 spiro atoms. The monoisotopic (exact) mass is 387 g/mol. The maximum atomic E-state index is 13.0. The lowest BCUT2D eigenvalue weighted by atomic mass is 10.1. The van der Waals surface area contributed by atoms with E-state index in [4.69, 9.17) is 5.26 Å². The normalized spacial score (nSPS) is 11.6. The van der Waals surface area contributed by atoms with E-state index in [0.29, 0.717) is 6.54 Å². The van der Waals surface area contributed by atoms with E-state index in [9.17, 15) is 18.0 Å². The molecule has 2 rings (SSSR count). The van der Waals surface area contributed by atoms with Gasteiger partial charge < -0.3 is 10.6 Å². The molecule has 0 aliphatic heterocycles. The highest BCUT2D eigenvalue weighted by molar-refractivity contribution is 6.06. The first kappa shape index (κ1) is 21.0. The quantitative estimate of drug-likeness (QED) is 0.393. The summed E-state index contributed by atoms with van der Waals surface area (Å²) in [6.45, 7) is 0.546. The van der Waals surface area contributed by atoms with Crippen LogP contribution in [0, 0.1) is 11.3 Å². The van der Waals surface area contributed by atoms with Gasteiger partial charge in [-0.15, -0.1) is 0 Å². The van der Waals surface area contributed by atoms with Crippen molar-refractivity contribution in [3.05, 3.63) is 77.5 Å². The van der Waals surface area contributed by atoms with Gasteiger partial charge in [0.2, 0.25) is 0 Å². The Morgan fingerprint density at radius 2 is 1.71 bits per heavy atom. The van der Waals surface area contributed by atoms with E-state index in [-0.39, 0.29) is 11.3 Å². The number of amides is 1. The second-order valence-electron chi connectivity index (χ2n) is 6.06. The predicted octanol–water partition coefficient (Wildman–Crippen LogP) is 4.66. The van der Waals surface area contributed by atoms with Crippen LogP contribution in [0.3, 0.4) is 0 Å². The number of hydrogen-bond donors (Lipinski definition) is 2. The van der Waals surface area contributed by atoms with E-state index in [2.05, 4.69) is 10.6 Å². The molecule has 2 aromatic carbocycles. The molecule has 146 valence electrons. The molecule has 0 aromatic heterocycles. The molecule has 0 aliphatic rings. The number of aryl methyl sites for hydroxylation is 1. The molecule has 7 heteroatoms. The van der Waals surface area contributed by atoms with Crippen LogP contribution in [0.5, 0.6) is 0 Å². The largest absolute Gasteiger partial charge is 0.418 e. The summed E-state index contributed by atoms with van der Waals surface area (Å²) >= 11 is 0. The summed E-state index contributed by atoms with van der Waals surface area (Å²) < 4.78 is 38.9. The van der Waals surface area contributed by atoms with Gasteiger partial charge in [-0.3, -0.25) is 4.79 Å². The van der Waals surface area contributed by atoms with Crippen LogP contribution >= 0.6 is 0 Å². The zero-order valence-corrected chi connectivity index (χ0v) is 15.1. The van der Waals surface area contributed by atoms with Crippen molar-refractivity contribution in [1.82, 2.24) is 5.32 Å². The zero-order valence-electron chi connectivity index (χ0n) is 15.1. The number of rotatable bonds is 8. The van der Waals surface area contributed by atoms with Crippen molar-refractivity contribution >= 4 is 11.6 Å². The number of nitrogens with one attached hydrogen (secondary N) is 2. The van der Waals surface area contributed by atoms with Crippen LogP contribution in [0.15, 0.2) is 66.4 Å². The molecule has 0 fully saturated rings. The highest BCUT2D eigenvalue weighted by Gasteiger charge is 2.33. The maximum absolute atomic E-state index is 13.0. The van der Waals surface area contributed by atoms with Gasteiger partial charge in [0.15, 0.2) is 0 Å². The first-order valence-electron chi connectivity index (χ1n) is 8.77. The summed E-state index contributed by atoms with van der Waals surface area (Å²) in [5, 5.41) is 14.1. The molecule has 0 aliphatic carbocycles. The fourth-order valence-electron chi connectivity index (χ4n) is 2.55. The lowest BCUT2D eigenvalue weighted by molar-refractivity contribution is -0.137. The average Bonchev–Trinajstić information content (AvgIpc) is 2.67. The number of benzene rings is 2. The molecule has 4 nitrogen and oxygen atoms in total. The van der Waals surface area contributed by atoms with Crippen molar-refractivity contribution < 1.29 is 18.0 Å². The summed E-state index contributed by atoms with van der Waals surface area (Å²) in [6, 6.07) is 16.3. The minimum atomic E-state index is -4.60. The number of unbranched alkanes of at least 4 members (excludes halogenated alkanes) is 1. The lowest BCUT2D eigenvalue weighted by Gasteiger charge is -2.13. The van der Waals surface area contributed by atoms with Gasteiger partial charge in [-0.2, -0.15) is 18.4 Å². The number of para-hydroxylation sites is 1. The third kappa shape index (κ3) is 6.47. The van der Waals surface area contributed by atoms with Crippen molar-refractivity contribution in [3.63, 3.8) is 0 Å². The van der Waals surface area contributed by atoms with Crippen molar-refractivity contribution in [1.29, 1.82) is 5.26 Å². The smallest absolute Gasteiger partial charge is 0.390 e. The zero-order chi connectivity index (χ0) is 20.4. The third-order valence-corrected chi connectivity index (χ3v) is 3.97. The molecular weight excluding hydrogens is 367 g/mol. The minimum Gasteiger partial charge on any atom is -0.390 e. The highest BCUT2D eigenvalue weighted by atomic mass is 19.4. The third-order valence-electron chi connectivity index (χ3n) is 3.97. The van der Waals surface area contributed by atoms with Gasteiger partial charge in [0.1, 0.15) is 11.6 Å². The van der Waals surface area contributed by atoms with E-state index in [1.807, 2.05) is 30.3 Å². The fourth-order valence-corrected chi connectivity index (χ4v) is 2.55. The number of nitriles is 1. The van der Waals surface area contributed by atoms with Crippen molar-refractivity contribution in [3.8, 4) is 6.07 Å². The van der Waals surface area contributed by atoms with Gasteiger partial charge in [-0.1, -0.05) is 42.5 Å². The first-order chi connectivity index (χ1) is 13.4. The molecule has 1 amide bonds. The number of carbonyl (C=O) groups excluding carboxylic acids is 1. The maximum Gasteiger partial charge on any atom is 0.418 e. The summed E-state index contributed by atoms with van der Waals surface area (Å²) in [7, 11) is 0. The van der Waals surface area contributed by atoms with Crippen molar-refractivity contribution in [2.75, 3.05) is 11.9 Å². The second kappa shape index (κ2) is 10.2. The SMILES string of the molecule is N#C/C(=C/NCCCCc1ccccc1)C(=O)Nc1ccccc1C(F)(F)F. The Kier molecular flexibility index (Phi) is 7.64. The van der Waals surface area contributed by atoms with Crippen LogP contribution in [0.1, 0.15) is 24.0 Å². The topological polar surface area (TPSA) is 64.9 Å². The van der Waals surface area contributed by atoms with Gasteiger partial charge in [0.25, 0.3) is 5.91 Å². The molecule has 28 heavy (non-hydrogen) atoms. The Bertz CT molecular complexity index is 855. The van der Waals surface area contributed by atoms with Crippen LogP contribution in [0.4, 0.5) is 18.9 Å². The number of alkyl halides is 3.